The minimum atomic E-state index is -0.262. The fourth-order valence-electron chi connectivity index (χ4n) is 2.32. The Morgan fingerprint density at radius 3 is 2.81 bits per heavy atom. The lowest BCUT2D eigenvalue weighted by molar-refractivity contribution is 0.620. The third-order valence-electron chi connectivity index (χ3n) is 3.26. The Hall–Kier alpha value is -1.15. The number of imidazole rings is 1. The monoisotopic (exact) mass is 418 g/mol. The van der Waals surface area contributed by atoms with Crippen LogP contribution in [0, 0.1) is 9.39 Å². The number of nitrogens with zero attached hydrogens (tertiary/aromatic N) is 4. The third-order valence-corrected chi connectivity index (χ3v) is 4.29. The maximum absolute atomic E-state index is 13.9. The molecule has 0 saturated carbocycles. The van der Waals surface area contributed by atoms with E-state index in [1.807, 2.05) is 53.4 Å². The summed E-state index contributed by atoms with van der Waals surface area (Å²) >= 11 is 8.19. The summed E-state index contributed by atoms with van der Waals surface area (Å²) < 4.78 is 18.1. The minimum Gasteiger partial charge on any atom is -0.320 e. The average Bonchev–Trinajstić information content (AvgIpc) is 2.96. The minimum absolute atomic E-state index is 0.251. The molecule has 0 fully saturated rings. The van der Waals surface area contributed by atoms with Gasteiger partial charge in [0.05, 0.1) is 32.2 Å². The number of hydrogen-bond donors (Lipinski definition) is 0. The van der Waals surface area contributed by atoms with E-state index in [1.54, 1.807) is 10.7 Å². The van der Waals surface area contributed by atoms with Crippen molar-refractivity contribution in [1.29, 1.82) is 0 Å². The van der Waals surface area contributed by atoms with Crippen molar-refractivity contribution in [2.75, 3.05) is 0 Å². The van der Waals surface area contributed by atoms with Crippen molar-refractivity contribution >= 4 is 45.2 Å². The van der Waals surface area contributed by atoms with Gasteiger partial charge in [0.15, 0.2) is 0 Å². The van der Waals surface area contributed by atoms with Crippen molar-refractivity contribution in [2.45, 2.75) is 18.8 Å². The summed E-state index contributed by atoms with van der Waals surface area (Å²) in [5, 5.41) is 4.10. The van der Waals surface area contributed by atoms with Crippen molar-refractivity contribution in [3.05, 3.63) is 45.3 Å². The van der Waals surface area contributed by atoms with Gasteiger partial charge in [-0.3, -0.25) is 4.68 Å². The van der Waals surface area contributed by atoms with E-state index >= 15 is 0 Å². The van der Waals surface area contributed by atoms with E-state index in [4.69, 9.17) is 11.6 Å². The Bertz CT molecular complexity index is 809. The first-order chi connectivity index (χ1) is 9.95. The van der Waals surface area contributed by atoms with Gasteiger partial charge in [-0.15, -0.1) is 11.6 Å². The first-order valence-electron chi connectivity index (χ1n) is 6.43. The van der Waals surface area contributed by atoms with Crippen LogP contribution in [0.5, 0.6) is 0 Å². The van der Waals surface area contributed by atoms with Crippen LogP contribution < -0.4 is 0 Å². The summed E-state index contributed by atoms with van der Waals surface area (Å²) in [5.74, 6) is 0.470. The van der Waals surface area contributed by atoms with Gasteiger partial charge in [-0.25, -0.2) is 9.37 Å². The zero-order valence-corrected chi connectivity index (χ0v) is 14.4. The normalized spacial score (nSPS) is 13.0. The van der Waals surface area contributed by atoms with E-state index in [1.165, 1.54) is 6.07 Å². The molecule has 0 saturated heterocycles. The van der Waals surface area contributed by atoms with E-state index in [9.17, 15) is 4.39 Å². The number of rotatable bonds is 3. The predicted molar refractivity (Wildman–Crippen MR) is 89.0 cm³/mol. The molecule has 0 aliphatic rings. The fraction of sp³-hybridized carbons (Fsp3) is 0.286. The van der Waals surface area contributed by atoms with Gasteiger partial charge >= 0.3 is 0 Å². The molecule has 0 spiro atoms. The summed E-state index contributed by atoms with van der Waals surface area (Å²) in [6.45, 7) is 2.38. The number of alkyl halides is 1. The molecule has 110 valence electrons. The molecule has 0 amide bonds. The number of fused-ring (bicyclic) bond motifs is 1. The summed E-state index contributed by atoms with van der Waals surface area (Å²) in [5.41, 5.74) is 2.37. The molecule has 21 heavy (non-hydrogen) atoms. The lowest BCUT2D eigenvalue weighted by Crippen LogP contribution is -2.07. The van der Waals surface area contributed by atoms with Crippen molar-refractivity contribution in [3.63, 3.8) is 0 Å². The van der Waals surface area contributed by atoms with Crippen LogP contribution in [0.4, 0.5) is 4.39 Å². The lowest BCUT2D eigenvalue weighted by Gasteiger charge is -2.09. The molecule has 1 unspecified atom stereocenters. The van der Waals surface area contributed by atoms with Gasteiger partial charge in [0.2, 0.25) is 0 Å². The molecule has 0 aliphatic heterocycles. The number of aromatic nitrogens is 4. The van der Waals surface area contributed by atoms with Gasteiger partial charge in [0.25, 0.3) is 0 Å². The zero-order valence-electron chi connectivity index (χ0n) is 11.5. The smallest absolute Gasteiger partial charge is 0.138 e. The van der Waals surface area contributed by atoms with Crippen LogP contribution >= 0.6 is 34.2 Å². The molecular formula is C14H13ClFIN4. The average molecular weight is 419 g/mol. The number of halogens is 3. The Labute approximate surface area is 140 Å². The van der Waals surface area contributed by atoms with Gasteiger partial charge in [-0.05, 0) is 41.6 Å². The SMILES string of the molecule is CC(Cl)c1nc2cc(I)c(F)cc2n1Cc1ccn(C)n1. The Balaban J connectivity index is 2.17. The van der Waals surface area contributed by atoms with Crippen LogP contribution in [0.2, 0.25) is 0 Å². The molecule has 7 heteroatoms. The quantitative estimate of drug-likeness (QED) is 0.478. The molecule has 3 rings (SSSR count). The molecule has 1 atom stereocenters. The van der Waals surface area contributed by atoms with E-state index < -0.39 is 0 Å². The van der Waals surface area contributed by atoms with Crippen molar-refractivity contribution in [1.82, 2.24) is 19.3 Å². The van der Waals surface area contributed by atoms with E-state index in [0.29, 0.717) is 10.1 Å². The molecule has 0 radical (unpaired) electrons. The molecule has 0 aliphatic carbocycles. The van der Waals surface area contributed by atoms with Crippen LogP contribution in [0.25, 0.3) is 11.0 Å². The summed E-state index contributed by atoms with van der Waals surface area (Å²) in [6.07, 6.45) is 1.88. The molecule has 2 heterocycles. The lowest BCUT2D eigenvalue weighted by atomic mass is 10.3. The van der Waals surface area contributed by atoms with Gasteiger partial charge in [-0.2, -0.15) is 5.10 Å². The number of benzene rings is 1. The maximum atomic E-state index is 13.9. The number of hydrogen-bond acceptors (Lipinski definition) is 2. The van der Waals surface area contributed by atoms with Gasteiger partial charge in [0.1, 0.15) is 11.6 Å². The molecular weight excluding hydrogens is 406 g/mol. The van der Waals surface area contributed by atoms with Crippen molar-refractivity contribution in [2.24, 2.45) is 7.05 Å². The van der Waals surface area contributed by atoms with E-state index in [-0.39, 0.29) is 11.2 Å². The second kappa shape index (κ2) is 5.57. The molecule has 0 bridgehead atoms. The fourth-order valence-corrected chi connectivity index (χ4v) is 2.94. The van der Waals surface area contributed by atoms with Crippen molar-refractivity contribution < 1.29 is 4.39 Å². The van der Waals surface area contributed by atoms with Gasteiger partial charge in [-0.1, -0.05) is 0 Å². The summed E-state index contributed by atoms with van der Waals surface area (Å²) in [6, 6.07) is 5.18. The van der Waals surface area contributed by atoms with Gasteiger partial charge in [0, 0.05) is 19.3 Å². The first kappa shape index (κ1) is 14.8. The number of aryl methyl sites for hydroxylation is 1. The van der Waals surface area contributed by atoms with E-state index in [0.717, 1.165) is 22.6 Å². The maximum Gasteiger partial charge on any atom is 0.138 e. The highest BCUT2D eigenvalue weighted by molar-refractivity contribution is 14.1. The molecule has 1 aromatic carbocycles. The predicted octanol–water partition coefficient (Wildman–Crippen LogP) is 3.86. The van der Waals surface area contributed by atoms with Crippen LogP contribution in [0.1, 0.15) is 23.8 Å². The zero-order chi connectivity index (χ0) is 15.1. The van der Waals surface area contributed by atoms with Crippen LogP contribution in [0.3, 0.4) is 0 Å². The third kappa shape index (κ3) is 2.78. The molecule has 3 aromatic rings. The van der Waals surface area contributed by atoms with Crippen LogP contribution in [0.15, 0.2) is 24.4 Å². The topological polar surface area (TPSA) is 35.6 Å². The highest BCUT2D eigenvalue weighted by Gasteiger charge is 2.17. The first-order valence-corrected chi connectivity index (χ1v) is 7.95. The molecule has 2 aromatic heterocycles. The highest BCUT2D eigenvalue weighted by Crippen LogP contribution is 2.27. The van der Waals surface area contributed by atoms with E-state index in [2.05, 4.69) is 10.1 Å². The Kier molecular flexibility index (Phi) is 3.92. The molecule has 4 nitrogen and oxygen atoms in total. The summed E-state index contributed by atoms with van der Waals surface area (Å²) in [4.78, 5) is 4.54. The Morgan fingerprint density at radius 1 is 1.43 bits per heavy atom. The van der Waals surface area contributed by atoms with Crippen LogP contribution in [-0.4, -0.2) is 19.3 Å². The second-order valence-corrected chi connectivity index (χ2v) is 6.72. The largest absolute Gasteiger partial charge is 0.320 e. The second-order valence-electron chi connectivity index (χ2n) is 4.91. The molecule has 0 N–H and O–H groups in total. The van der Waals surface area contributed by atoms with Crippen molar-refractivity contribution in [3.8, 4) is 0 Å². The summed E-state index contributed by atoms with van der Waals surface area (Å²) in [7, 11) is 1.86. The van der Waals surface area contributed by atoms with Gasteiger partial charge < -0.3 is 4.57 Å². The Morgan fingerprint density at radius 2 is 2.19 bits per heavy atom. The van der Waals surface area contributed by atoms with Crippen LogP contribution in [-0.2, 0) is 13.6 Å². The highest BCUT2D eigenvalue weighted by atomic mass is 127. The standard InChI is InChI=1S/C14H13ClFIN4/c1-8(15)14-18-12-6-11(17)10(16)5-13(12)21(14)7-9-3-4-20(2)19-9/h3-6,8H,7H2,1-2H3.